The minimum Gasteiger partial charge on any atom is -0.300 e. The summed E-state index contributed by atoms with van der Waals surface area (Å²) in [5.41, 5.74) is 7.37. The maximum absolute atomic E-state index is 13.4. The fourth-order valence-corrected chi connectivity index (χ4v) is 7.93. The second-order valence-corrected chi connectivity index (χ2v) is 10.8. The van der Waals surface area contributed by atoms with E-state index in [9.17, 15) is 4.21 Å². The van der Waals surface area contributed by atoms with E-state index in [0.717, 1.165) is 44.3 Å². The average Bonchev–Trinajstić information content (AvgIpc) is 3.12. The van der Waals surface area contributed by atoms with Gasteiger partial charge < -0.3 is 0 Å². The van der Waals surface area contributed by atoms with Crippen LogP contribution in [0.15, 0.2) is 60.2 Å². The fourth-order valence-electron chi connectivity index (χ4n) is 6.02. The Kier molecular flexibility index (Phi) is 4.37. The molecule has 1 aliphatic heterocycles. The van der Waals surface area contributed by atoms with Gasteiger partial charge in [0, 0.05) is 22.1 Å². The Morgan fingerprint density at radius 3 is 2.29 bits per heavy atom. The van der Waals surface area contributed by atoms with Crippen LogP contribution in [-0.4, -0.2) is 33.7 Å². The molecular formula is C25H29NOS. The normalized spacial score (nSPS) is 31.9. The van der Waals surface area contributed by atoms with Crippen molar-refractivity contribution < 1.29 is 4.21 Å². The summed E-state index contributed by atoms with van der Waals surface area (Å²) in [5.74, 6) is 0.827. The van der Waals surface area contributed by atoms with Crippen molar-refractivity contribution in [3.8, 4) is 0 Å². The van der Waals surface area contributed by atoms with Crippen molar-refractivity contribution in [2.45, 2.75) is 48.8 Å². The SMILES string of the molecule is CN(C)C1(c2ccccc2)CCC2(CC1)C1=C(CCS2=O)c2ccccc2C1. The molecule has 2 aromatic carbocycles. The lowest BCUT2D eigenvalue weighted by molar-refractivity contribution is 0.0895. The number of rotatable bonds is 2. The van der Waals surface area contributed by atoms with Gasteiger partial charge in [0.1, 0.15) is 0 Å². The van der Waals surface area contributed by atoms with Crippen LogP contribution >= 0.6 is 0 Å². The van der Waals surface area contributed by atoms with Crippen molar-refractivity contribution >= 4 is 16.4 Å². The smallest absolute Gasteiger partial charge is 0.0678 e. The van der Waals surface area contributed by atoms with Crippen molar-refractivity contribution in [3.63, 3.8) is 0 Å². The number of nitrogens with zero attached hydrogens (tertiary/aromatic N) is 1. The van der Waals surface area contributed by atoms with Gasteiger partial charge in [0.05, 0.1) is 4.75 Å². The summed E-state index contributed by atoms with van der Waals surface area (Å²) in [6, 6.07) is 19.8. The first-order chi connectivity index (χ1) is 13.6. The minimum absolute atomic E-state index is 0.0559. The molecule has 0 radical (unpaired) electrons. The Morgan fingerprint density at radius 1 is 0.893 bits per heavy atom. The van der Waals surface area contributed by atoms with Crippen molar-refractivity contribution in [2.75, 3.05) is 19.8 Å². The Bertz CT molecular complexity index is 952. The van der Waals surface area contributed by atoms with Crippen LogP contribution in [-0.2, 0) is 22.8 Å². The lowest BCUT2D eigenvalue weighted by atomic mass is 9.68. The Balaban J connectivity index is 1.53. The third kappa shape index (κ3) is 2.52. The summed E-state index contributed by atoms with van der Waals surface area (Å²) >= 11 is 0. The first kappa shape index (κ1) is 18.3. The molecule has 28 heavy (non-hydrogen) atoms. The van der Waals surface area contributed by atoms with Crippen LogP contribution in [0.3, 0.4) is 0 Å². The summed E-state index contributed by atoms with van der Waals surface area (Å²) in [5, 5.41) is 0. The third-order valence-corrected chi connectivity index (χ3v) is 9.75. The summed E-state index contributed by atoms with van der Waals surface area (Å²) in [6.07, 6.45) is 6.19. The number of benzene rings is 2. The maximum atomic E-state index is 13.4. The first-order valence-electron chi connectivity index (χ1n) is 10.5. The zero-order chi connectivity index (χ0) is 19.4. The van der Waals surface area contributed by atoms with Gasteiger partial charge in [-0.1, -0.05) is 54.6 Å². The number of fused-ring (bicyclic) bond motifs is 3. The second-order valence-electron chi connectivity index (χ2n) is 8.88. The van der Waals surface area contributed by atoms with E-state index in [1.807, 2.05) is 0 Å². The molecule has 1 heterocycles. The molecule has 0 aromatic heterocycles. The highest BCUT2D eigenvalue weighted by molar-refractivity contribution is 7.86. The molecule has 1 unspecified atom stereocenters. The molecule has 0 amide bonds. The number of hydrogen-bond acceptors (Lipinski definition) is 2. The van der Waals surface area contributed by atoms with Crippen molar-refractivity contribution in [3.05, 3.63) is 76.9 Å². The number of hydrogen-bond donors (Lipinski definition) is 0. The van der Waals surface area contributed by atoms with Gasteiger partial charge in [-0.3, -0.25) is 9.11 Å². The van der Waals surface area contributed by atoms with Gasteiger partial charge in [0.2, 0.25) is 0 Å². The topological polar surface area (TPSA) is 20.3 Å². The van der Waals surface area contributed by atoms with E-state index >= 15 is 0 Å². The molecule has 2 nitrogen and oxygen atoms in total. The molecule has 2 aliphatic carbocycles. The molecule has 1 spiro atoms. The highest BCUT2D eigenvalue weighted by Gasteiger charge is 2.52. The second kappa shape index (κ2) is 6.67. The summed E-state index contributed by atoms with van der Waals surface area (Å²) < 4.78 is 13.3. The molecule has 2 aromatic rings. The standard InChI is InChI=1S/C25H29NOS/c1-26(2)24(20-9-4-3-5-10-20)13-15-25(16-14-24)23-18-19-8-6-7-11-21(19)22(23)12-17-28(25)27/h3-11H,12-18H2,1-2H3. The summed E-state index contributed by atoms with van der Waals surface area (Å²) in [7, 11) is 3.65. The molecule has 146 valence electrons. The highest BCUT2D eigenvalue weighted by Crippen LogP contribution is 2.55. The van der Waals surface area contributed by atoms with Crippen molar-refractivity contribution in [2.24, 2.45) is 0 Å². The van der Waals surface area contributed by atoms with Gasteiger partial charge in [-0.2, -0.15) is 0 Å². The van der Waals surface area contributed by atoms with Crippen LogP contribution in [0.5, 0.6) is 0 Å². The van der Waals surface area contributed by atoms with Crippen molar-refractivity contribution in [1.82, 2.24) is 4.90 Å². The van der Waals surface area contributed by atoms with E-state index in [-0.39, 0.29) is 10.3 Å². The molecule has 1 atom stereocenters. The molecule has 1 fully saturated rings. The highest BCUT2D eigenvalue weighted by atomic mass is 32.2. The average molecular weight is 392 g/mol. The van der Waals surface area contributed by atoms with Crippen LogP contribution in [0.2, 0.25) is 0 Å². The Morgan fingerprint density at radius 2 is 1.57 bits per heavy atom. The lowest BCUT2D eigenvalue weighted by Gasteiger charge is -2.51. The van der Waals surface area contributed by atoms with Gasteiger partial charge in [0.25, 0.3) is 0 Å². The molecule has 3 heteroatoms. The van der Waals surface area contributed by atoms with Gasteiger partial charge in [-0.05, 0) is 80.5 Å². The quantitative estimate of drug-likeness (QED) is 0.724. The lowest BCUT2D eigenvalue weighted by Crippen LogP contribution is -2.52. The van der Waals surface area contributed by atoms with Crippen LogP contribution in [0, 0.1) is 0 Å². The van der Waals surface area contributed by atoms with E-state index in [4.69, 9.17) is 0 Å². The predicted octanol–water partition coefficient (Wildman–Crippen LogP) is 4.92. The monoisotopic (exact) mass is 391 g/mol. The van der Waals surface area contributed by atoms with E-state index in [1.54, 1.807) is 0 Å². The largest absolute Gasteiger partial charge is 0.300 e. The molecule has 1 saturated carbocycles. The van der Waals surface area contributed by atoms with E-state index in [1.165, 1.54) is 27.8 Å². The third-order valence-electron chi connectivity index (χ3n) is 7.65. The number of allylic oxidation sites excluding steroid dienone is 1. The zero-order valence-electron chi connectivity index (χ0n) is 16.9. The minimum atomic E-state index is -0.763. The van der Waals surface area contributed by atoms with Crippen LogP contribution in [0.1, 0.15) is 48.8 Å². The van der Waals surface area contributed by atoms with Gasteiger partial charge in [-0.25, -0.2) is 0 Å². The predicted molar refractivity (Wildman–Crippen MR) is 118 cm³/mol. The molecule has 0 N–H and O–H groups in total. The summed E-state index contributed by atoms with van der Waals surface area (Å²) in [4.78, 5) is 2.40. The first-order valence-corrected chi connectivity index (χ1v) is 11.8. The molecule has 5 rings (SSSR count). The Hall–Kier alpha value is -1.71. The van der Waals surface area contributed by atoms with Crippen LogP contribution in [0.25, 0.3) is 5.57 Å². The Labute approximate surface area is 171 Å². The zero-order valence-corrected chi connectivity index (χ0v) is 17.7. The van der Waals surface area contributed by atoms with Gasteiger partial charge >= 0.3 is 0 Å². The van der Waals surface area contributed by atoms with E-state index in [2.05, 4.69) is 73.6 Å². The van der Waals surface area contributed by atoms with E-state index < -0.39 is 10.8 Å². The summed E-state index contributed by atoms with van der Waals surface area (Å²) in [6.45, 7) is 0. The van der Waals surface area contributed by atoms with Crippen LogP contribution in [0.4, 0.5) is 0 Å². The van der Waals surface area contributed by atoms with Gasteiger partial charge in [-0.15, -0.1) is 0 Å². The molecule has 0 saturated heterocycles. The van der Waals surface area contributed by atoms with Gasteiger partial charge in [0.15, 0.2) is 0 Å². The van der Waals surface area contributed by atoms with E-state index in [0.29, 0.717) is 0 Å². The maximum Gasteiger partial charge on any atom is 0.0678 e. The van der Waals surface area contributed by atoms with Crippen molar-refractivity contribution in [1.29, 1.82) is 0 Å². The molecule has 0 bridgehead atoms. The fraction of sp³-hybridized carbons (Fsp3) is 0.440. The molecule has 3 aliphatic rings. The van der Waals surface area contributed by atoms with Crippen LogP contribution < -0.4 is 0 Å². The molecular weight excluding hydrogens is 362 g/mol.